The fraction of sp³-hybridized carbons (Fsp3) is 0.545. The van der Waals surface area contributed by atoms with Crippen molar-refractivity contribution in [2.75, 3.05) is 6.54 Å². The van der Waals surface area contributed by atoms with Gasteiger partial charge in [-0.15, -0.1) is 0 Å². The van der Waals surface area contributed by atoms with Crippen LogP contribution in [0.4, 0.5) is 0 Å². The van der Waals surface area contributed by atoms with Crippen molar-refractivity contribution in [2.45, 2.75) is 61.8 Å². The second kappa shape index (κ2) is 7.44. The number of sulfone groups is 1. The van der Waals surface area contributed by atoms with Gasteiger partial charge in [0.15, 0.2) is 9.84 Å². The Morgan fingerprint density at radius 1 is 1.07 bits per heavy atom. The normalized spacial score (nSPS) is 26.7. The van der Waals surface area contributed by atoms with Crippen LogP contribution in [0.1, 0.15) is 51.2 Å². The molecule has 4 atom stereocenters. The quantitative estimate of drug-likeness (QED) is 0.691. The highest BCUT2D eigenvalue weighted by Crippen LogP contribution is 2.49. The van der Waals surface area contributed by atoms with Crippen LogP contribution in [0.25, 0.3) is 0 Å². The molecule has 1 aliphatic heterocycles. The molecule has 4 nitrogen and oxygen atoms in total. The summed E-state index contributed by atoms with van der Waals surface area (Å²) in [7, 11) is -3.40. The van der Waals surface area contributed by atoms with Gasteiger partial charge in [0.25, 0.3) is 0 Å². The summed E-state index contributed by atoms with van der Waals surface area (Å²) in [5.74, 6) is 2.37. The Balaban J connectivity index is 1.65. The first kappa shape index (κ1) is 18.8. The number of fused-ring (bicyclic) bond motifs is 2. The van der Waals surface area contributed by atoms with Crippen molar-refractivity contribution in [2.24, 2.45) is 11.8 Å². The molecular weight excluding hydrogens is 358 g/mol. The highest BCUT2D eigenvalue weighted by molar-refractivity contribution is 7.92. The fourth-order valence-corrected chi connectivity index (χ4v) is 6.84. The summed E-state index contributed by atoms with van der Waals surface area (Å²) in [4.78, 5) is 2.72. The molecule has 0 N–H and O–H groups in total. The first-order valence-electron chi connectivity index (χ1n) is 10.0. The van der Waals surface area contributed by atoms with E-state index in [0.29, 0.717) is 29.1 Å². The second-order valence-electron chi connectivity index (χ2n) is 8.51. The van der Waals surface area contributed by atoms with E-state index in [4.69, 9.17) is 4.42 Å². The Bertz CT molecular complexity index is 845. The molecule has 2 fully saturated rings. The number of piperidine rings is 1. The first-order valence-corrected chi connectivity index (χ1v) is 11.6. The molecule has 146 valence electrons. The standard InChI is InChI=1S/C22H29NO3S/c1-16(2)10-11-22(27(24,25)18-7-4-3-5-8-18)23-15-17-13-19(20(23)14-17)21-9-6-12-26-21/h3-9,12,16-17,19-20,22H,10-11,13-15H2,1-2H3. The molecule has 1 aromatic carbocycles. The Hall–Kier alpha value is -1.59. The van der Waals surface area contributed by atoms with E-state index in [9.17, 15) is 8.42 Å². The van der Waals surface area contributed by atoms with Crippen LogP contribution in [0.3, 0.4) is 0 Å². The average Bonchev–Trinajstić information content (AvgIpc) is 3.39. The van der Waals surface area contributed by atoms with Crippen LogP contribution in [-0.4, -0.2) is 31.3 Å². The van der Waals surface area contributed by atoms with E-state index in [1.165, 1.54) is 0 Å². The molecular formula is C22H29NO3S. The summed E-state index contributed by atoms with van der Waals surface area (Å²) in [5, 5.41) is -0.449. The van der Waals surface area contributed by atoms with Crippen LogP contribution in [-0.2, 0) is 9.84 Å². The number of hydrogen-bond acceptors (Lipinski definition) is 4. The maximum Gasteiger partial charge on any atom is 0.194 e. The summed E-state index contributed by atoms with van der Waals surface area (Å²) in [6.07, 6.45) is 5.51. The van der Waals surface area contributed by atoms with E-state index < -0.39 is 15.2 Å². The number of likely N-dealkylation sites (tertiary alicyclic amines) is 1. The molecule has 1 aromatic heterocycles. The van der Waals surface area contributed by atoms with Gasteiger partial charge >= 0.3 is 0 Å². The summed E-state index contributed by atoms with van der Waals surface area (Å²) >= 11 is 0. The average molecular weight is 388 g/mol. The molecule has 1 saturated carbocycles. The Morgan fingerprint density at radius 2 is 1.85 bits per heavy atom. The van der Waals surface area contributed by atoms with Gasteiger partial charge in [0, 0.05) is 18.5 Å². The summed E-state index contributed by atoms with van der Waals surface area (Å²) in [6.45, 7) is 5.21. The van der Waals surface area contributed by atoms with Gasteiger partial charge < -0.3 is 4.42 Å². The molecule has 2 bridgehead atoms. The molecule has 4 rings (SSSR count). The van der Waals surface area contributed by atoms with Crippen molar-refractivity contribution in [3.05, 3.63) is 54.5 Å². The predicted octanol–water partition coefficient (Wildman–Crippen LogP) is 4.69. The largest absolute Gasteiger partial charge is 0.469 e. The Labute approximate surface area is 162 Å². The van der Waals surface area contributed by atoms with E-state index >= 15 is 0 Å². The third-order valence-electron chi connectivity index (χ3n) is 6.22. The molecule has 1 saturated heterocycles. The van der Waals surface area contributed by atoms with Gasteiger partial charge in [0.05, 0.1) is 11.2 Å². The molecule has 4 unspecified atom stereocenters. The van der Waals surface area contributed by atoms with Crippen molar-refractivity contribution < 1.29 is 12.8 Å². The topological polar surface area (TPSA) is 50.5 Å². The Morgan fingerprint density at radius 3 is 2.48 bits per heavy atom. The molecule has 5 heteroatoms. The smallest absolute Gasteiger partial charge is 0.194 e. The highest BCUT2D eigenvalue weighted by Gasteiger charge is 2.51. The lowest BCUT2D eigenvalue weighted by Crippen LogP contribution is -2.48. The summed E-state index contributed by atoms with van der Waals surface area (Å²) < 4.78 is 32.8. The van der Waals surface area contributed by atoms with Crippen molar-refractivity contribution in [3.63, 3.8) is 0 Å². The number of rotatable bonds is 7. The molecule has 0 amide bonds. The number of nitrogens with zero attached hydrogens (tertiary/aromatic N) is 1. The number of furan rings is 1. The van der Waals surface area contributed by atoms with Crippen LogP contribution < -0.4 is 0 Å². The minimum atomic E-state index is -3.40. The van der Waals surface area contributed by atoms with Crippen LogP contribution in [0.15, 0.2) is 58.0 Å². The van der Waals surface area contributed by atoms with Gasteiger partial charge in [-0.25, -0.2) is 8.42 Å². The van der Waals surface area contributed by atoms with Gasteiger partial charge in [0.2, 0.25) is 0 Å². The van der Waals surface area contributed by atoms with Crippen LogP contribution in [0.5, 0.6) is 0 Å². The van der Waals surface area contributed by atoms with Crippen LogP contribution in [0, 0.1) is 11.8 Å². The fourth-order valence-electron chi connectivity index (χ4n) is 4.95. The minimum Gasteiger partial charge on any atom is -0.469 e. The van der Waals surface area contributed by atoms with Gasteiger partial charge in [-0.05, 0) is 61.8 Å². The molecule has 1 aliphatic carbocycles. The van der Waals surface area contributed by atoms with Gasteiger partial charge in [-0.3, -0.25) is 4.90 Å². The molecule has 0 spiro atoms. The number of hydrogen-bond donors (Lipinski definition) is 0. The highest BCUT2D eigenvalue weighted by atomic mass is 32.2. The van der Waals surface area contributed by atoms with Crippen LogP contribution in [0.2, 0.25) is 0 Å². The SMILES string of the molecule is CC(C)CCC(N1CC2CC(c3ccco3)C1C2)S(=O)(=O)c1ccccc1. The second-order valence-corrected chi connectivity index (χ2v) is 10.6. The maximum atomic E-state index is 13.5. The van der Waals surface area contributed by atoms with Crippen LogP contribution >= 0.6 is 0 Å². The molecule has 2 heterocycles. The first-order chi connectivity index (χ1) is 13.0. The zero-order valence-corrected chi connectivity index (χ0v) is 16.9. The van der Waals surface area contributed by atoms with Crippen molar-refractivity contribution in [1.29, 1.82) is 0 Å². The summed E-state index contributed by atoms with van der Waals surface area (Å²) in [6, 6.07) is 13.2. The monoisotopic (exact) mass is 387 g/mol. The van der Waals surface area contributed by atoms with E-state index in [1.807, 2.05) is 30.3 Å². The van der Waals surface area contributed by atoms with Gasteiger partial charge in [-0.1, -0.05) is 32.0 Å². The molecule has 0 radical (unpaired) electrons. The van der Waals surface area contributed by atoms with E-state index in [-0.39, 0.29) is 6.04 Å². The Kier molecular flexibility index (Phi) is 5.17. The molecule has 2 aliphatic rings. The molecule has 27 heavy (non-hydrogen) atoms. The lowest BCUT2D eigenvalue weighted by Gasteiger charge is -2.38. The van der Waals surface area contributed by atoms with Gasteiger partial charge in [-0.2, -0.15) is 0 Å². The van der Waals surface area contributed by atoms with Gasteiger partial charge in [0.1, 0.15) is 11.1 Å². The van der Waals surface area contributed by atoms with Crippen molar-refractivity contribution in [3.8, 4) is 0 Å². The minimum absolute atomic E-state index is 0.261. The van der Waals surface area contributed by atoms with Crippen molar-refractivity contribution >= 4 is 9.84 Å². The third kappa shape index (κ3) is 3.59. The predicted molar refractivity (Wildman–Crippen MR) is 106 cm³/mol. The van der Waals surface area contributed by atoms with E-state index in [1.54, 1.807) is 18.4 Å². The third-order valence-corrected chi connectivity index (χ3v) is 8.37. The lowest BCUT2D eigenvalue weighted by molar-refractivity contribution is 0.153. The molecule has 2 aromatic rings. The number of benzene rings is 1. The van der Waals surface area contributed by atoms with E-state index in [0.717, 1.165) is 31.6 Å². The lowest BCUT2D eigenvalue weighted by atomic mass is 9.95. The zero-order valence-electron chi connectivity index (χ0n) is 16.1. The van der Waals surface area contributed by atoms with Crippen molar-refractivity contribution in [1.82, 2.24) is 4.90 Å². The summed E-state index contributed by atoms with van der Waals surface area (Å²) in [5.41, 5.74) is 0. The maximum absolute atomic E-state index is 13.5. The zero-order chi connectivity index (χ0) is 19.0. The van der Waals surface area contributed by atoms with E-state index in [2.05, 4.69) is 18.7 Å².